The lowest BCUT2D eigenvalue weighted by Crippen LogP contribution is -2.46. The zero-order chi connectivity index (χ0) is 18.4. The van der Waals surface area contributed by atoms with E-state index in [1.54, 1.807) is 24.7 Å². The first-order chi connectivity index (χ1) is 13.2. The summed E-state index contributed by atoms with van der Waals surface area (Å²) in [6, 6.07) is 5.94. The van der Waals surface area contributed by atoms with Crippen molar-refractivity contribution >= 4 is 33.1 Å². The van der Waals surface area contributed by atoms with Crippen LogP contribution in [0.1, 0.15) is 10.6 Å². The number of thiazole rings is 1. The van der Waals surface area contributed by atoms with E-state index in [-0.39, 0.29) is 5.56 Å². The number of aromatic nitrogens is 3. The zero-order valence-electron chi connectivity index (χ0n) is 15.2. The number of hydrogen-bond acceptors (Lipinski definition) is 7. The van der Waals surface area contributed by atoms with Crippen molar-refractivity contribution in [3.8, 4) is 0 Å². The van der Waals surface area contributed by atoms with Crippen molar-refractivity contribution in [2.24, 2.45) is 7.05 Å². The van der Waals surface area contributed by atoms with Gasteiger partial charge in [-0.15, -0.1) is 0 Å². The van der Waals surface area contributed by atoms with Crippen LogP contribution in [0.15, 0.2) is 29.3 Å². The highest BCUT2D eigenvalue weighted by Gasteiger charge is 2.23. The topological polar surface area (TPSA) is 63.5 Å². The van der Waals surface area contributed by atoms with Crippen molar-refractivity contribution in [3.05, 3.63) is 45.5 Å². The van der Waals surface area contributed by atoms with Gasteiger partial charge in [0.05, 0.1) is 41.0 Å². The Morgan fingerprint density at radius 1 is 1.15 bits per heavy atom. The van der Waals surface area contributed by atoms with Gasteiger partial charge in [0.15, 0.2) is 5.13 Å². The molecule has 2 aliphatic rings. The molecule has 0 N–H and O–H groups in total. The van der Waals surface area contributed by atoms with Crippen LogP contribution in [-0.2, 0) is 24.8 Å². The molecule has 0 radical (unpaired) electrons. The largest absolute Gasteiger partial charge is 0.375 e. The van der Waals surface area contributed by atoms with E-state index in [0.717, 1.165) is 55.5 Å². The highest BCUT2D eigenvalue weighted by molar-refractivity contribution is 7.15. The minimum absolute atomic E-state index is 0.00640. The molecule has 8 heteroatoms. The first kappa shape index (κ1) is 16.7. The molecule has 3 aromatic rings. The van der Waals surface area contributed by atoms with E-state index in [9.17, 15) is 4.79 Å². The Bertz CT molecular complexity index is 1030. The number of ether oxygens (including phenoxy) is 1. The Hall–Kier alpha value is -2.45. The van der Waals surface area contributed by atoms with E-state index in [0.29, 0.717) is 12.0 Å². The van der Waals surface area contributed by atoms with Gasteiger partial charge in [-0.2, -0.15) is 0 Å². The predicted octanol–water partition coefficient (Wildman–Crippen LogP) is 1.79. The van der Waals surface area contributed by atoms with Crippen LogP contribution in [0, 0.1) is 0 Å². The van der Waals surface area contributed by atoms with Crippen LogP contribution in [-0.4, -0.2) is 47.3 Å². The quantitative estimate of drug-likeness (QED) is 0.672. The summed E-state index contributed by atoms with van der Waals surface area (Å²) in [4.78, 5) is 27.4. The maximum atomic E-state index is 12.2. The Labute approximate surface area is 160 Å². The summed E-state index contributed by atoms with van der Waals surface area (Å²) in [7, 11) is 1.73. The Morgan fingerprint density at radius 2 is 1.96 bits per heavy atom. The van der Waals surface area contributed by atoms with Gasteiger partial charge in [-0.3, -0.25) is 4.79 Å². The van der Waals surface area contributed by atoms with Crippen LogP contribution >= 0.6 is 11.3 Å². The van der Waals surface area contributed by atoms with Crippen molar-refractivity contribution < 1.29 is 4.74 Å². The highest BCUT2D eigenvalue weighted by Crippen LogP contribution is 2.31. The van der Waals surface area contributed by atoms with Gasteiger partial charge in [0.25, 0.3) is 5.56 Å². The van der Waals surface area contributed by atoms with E-state index in [1.807, 2.05) is 18.2 Å². The average Bonchev–Trinajstić information content (AvgIpc) is 3.15. The lowest BCUT2D eigenvalue weighted by atomic mass is 10.2. The smallest absolute Gasteiger partial charge is 0.260 e. The molecule has 5 rings (SSSR count). The van der Waals surface area contributed by atoms with Crippen molar-refractivity contribution in [2.45, 2.75) is 13.0 Å². The second-order valence-electron chi connectivity index (χ2n) is 7.01. The van der Waals surface area contributed by atoms with Crippen LogP contribution in [0.5, 0.6) is 0 Å². The van der Waals surface area contributed by atoms with Crippen LogP contribution < -0.4 is 15.4 Å². The molecule has 0 amide bonds. The molecule has 0 unspecified atom stereocenters. The van der Waals surface area contributed by atoms with Crippen LogP contribution in [0.25, 0.3) is 10.9 Å². The fourth-order valence-corrected chi connectivity index (χ4v) is 4.79. The molecule has 0 spiro atoms. The molecular formula is C19H21N5O2S. The van der Waals surface area contributed by atoms with E-state index < -0.39 is 0 Å². The summed E-state index contributed by atoms with van der Waals surface area (Å²) in [6.07, 6.45) is 2.51. The molecule has 7 nitrogen and oxygen atoms in total. The maximum Gasteiger partial charge on any atom is 0.260 e. The summed E-state index contributed by atoms with van der Waals surface area (Å²) >= 11 is 1.77. The van der Waals surface area contributed by atoms with E-state index >= 15 is 0 Å². The van der Waals surface area contributed by atoms with Crippen molar-refractivity contribution in [3.63, 3.8) is 0 Å². The molecule has 0 saturated carbocycles. The third-order valence-electron chi connectivity index (χ3n) is 5.30. The van der Waals surface area contributed by atoms with Gasteiger partial charge in [-0.05, 0) is 18.2 Å². The monoisotopic (exact) mass is 383 g/mol. The summed E-state index contributed by atoms with van der Waals surface area (Å²) in [5.74, 6) is 0. The fourth-order valence-electron chi connectivity index (χ4n) is 3.70. The molecule has 0 bridgehead atoms. The number of rotatable bonds is 2. The standard InChI is InChI=1S/C19H21N5O2S/c1-22-12-20-16-10-13(2-3-14(16)18(22)25)23-5-7-24(8-6-23)19-21-15-4-9-26-11-17(15)27-19/h2-3,10,12H,4-9,11H2,1H3. The normalized spacial score (nSPS) is 17.4. The molecule has 2 aliphatic heterocycles. The number of fused-ring (bicyclic) bond motifs is 2. The lowest BCUT2D eigenvalue weighted by molar-refractivity contribution is 0.112. The fraction of sp³-hybridized carbons (Fsp3) is 0.421. The molecule has 0 atom stereocenters. The minimum atomic E-state index is -0.00640. The van der Waals surface area contributed by atoms with Crippen LogP contribution in [0.3, 0.4) is 0 Å². The van der Waals surface area contributed by atoms with Crippen molar-refractivity contribution in [1.82, 2.24) is 14.5 Å². The number of piperazine rings is 1. The first-order valence-corrected chi connectivity index (χ1v) is 10.0. The molecular weight excluding hydrogens is 362 g/mol. The van der Waals surface area contributed by atoms with Gasteiger partial charge in [0.2, 0.25) is 0 Å². The van der Waals surface area contributed by atoms with Crippen LogP contribution in [0.4, 0.5) is 10.8 Å². The molecule has 1 saturated heterocycles. The van der Waals surface area contributed by atoms with Gasteiger partial charge in [0.1, 0.15) is 0 Å². The Morgan fingerprint density at radius 3 is 2.78 bits per heavy atom. The number of nitrogens with zero attached hydrogens (tertiary/aromatic N) is 5. The Kier molecular flexibility index (Phi) is 4.09. The number of hydrogen-bond donors (Lipinski definition) is 0. The van der Waals surface area contributed by atoms with Gasteiger partial charge in [0, 0.05) is 45.3 Å². The van der Waals surface area contributed by atoms with Gasteiger partial charge in [-0.1, -0.05) is 11.3 Å². The van der Waals surface area contributed by atoms with Gasteiger partial charge in [-0.25, -0.2) is 9.97 Å². The SMILES string of the molecule is Cn1cnc2cc(N3CCN(c4nc5c(s4)COCC5)CC3)ccc2c1=O. The second kappa shape index (κ2) is 6.61. The maximum absolute atomic E-state index is 12.2. The van der Waals surface area contributed by atoms with Crippen molar-refractivity contribution in [1.29, 1.82) is 0 Å². The summed E-state index contributed by atoms with van der Waals surface area (Å²) in [6.45, 7) is 5.22. The number of benzene rings is 1. The van der Waals surface area contributed by atoms with E-state index in [1.165, 1.54) is 15.1 Å². The summed E-state index contributed by atoms with van der Waals surface area (Å²) < 4.78 is 7.05. The van der Waals surface area contributed by atoms with E-state index in [2.05, 4.69) is 14.8 Å². The summed E-state index contributed by atoms with van der Waals surface area (Å²) in [5.41, 5.74) is 3.08. The molecule has 2 aromatic heterocycles. The van der Waals surface area contributed by atoms with Gasteiger partial charge < -0.3 is 19.1 Å². The molecule has 1 aromatic carbocycles. The number of aryl methyl sites for hydroxylation is 1. The minimum Gasteiger partial charge on any atom is -0.375 e. The molecule has 4 heterocycles. The zero-order valence-corrected chi connectivity index (χ0v) is 16.0. The number of anilines is 2. The molecule has 27 heavy (non-hydrogen) atoms. The average molecular weight is 383 g/mol. The second-order valence-corrected chi connectivity index (χ2v) is 8.07. The van der Waals surface area contributed by atoms with Crippen LogP contribution in [0.2, 0.25) is 0 Å². The van der Waals surface area contributed by atoms with Crippen molar-refractivity contribution in [2.75, 3.05) is 42.6 Å². The molecule has 1 fully saturated rings. The van der Waals surface area contributed by atoms with Gasteiger partial charge >= 0.3 is 0 Å². The first-order valence-electron chi connectivity index (χ1n) is 9.21. The molecule has 140 valence electrons. The van der Waals surface area contributed by atoms with E-state index in [4.69, 9.17) is 9.72 Å². The summed E-state index contributed by atoms with van der Waals surface area (Å²) in [5, 5.41) is 1.78. The lowest BCUT2D eigenvalue weighted by Gasteiger charge is -2.36. The Balaban J connectivity index is 1.33. The molecule has 0 aliphatic carbocycles. The third kappa shape index (κ3) is 2.98. The third-order valence-corrected chi connectivity index (χ3v) is 6.43. The predicted molar refractivity (Wildman–Crippen MR) is 107 cm³/mol. The highest BCUT2D eigenvalue weighted by atomic mass is 32.1.